The zero-order chi connectivity index (χ0) is 17.0. The van der Waals surface area contributed by atoms with Gasteiger partial charge in [-0.1, -0.05) is 19.1 Å². The van der Waals surface area contributed by atoms with Crippen LogP contribution in [0.1, 0.15) is 44.2 Å². The predicted molar refractivity (Wildman–Crippen MR) is 103 cm³/mol. The molecule has 128 valence electrons. The van der Waals surface area contributed by atoms with Gasteiger partial charge in [-0.25, -0.2) is 0 Å². The summed E-state index contributed by atoms with van der Waals surface area (Å²) in [5.41, 5.74) is 3.72. The number of aryl methyl sites for hydroxylation is 1. The maximum atomic E-state index is 5.65. The van der Waals surface area contributed by atoms with E-state index in [1.54, 1.807) is 4.90 Å². The molecule has 0 amide bonds. The molecule has 1 fully saturated rings. The van der Waals surface area contributed by atoms with Crippen LogP contribution in [-0.2, 0) is 0 Å². The molecule has 23 heavy (non-hydrogen) atoms. The number of benzene rings is 1. The van der Waals surface area contributed by atoms with Gasteiger partial charge in [-0.2, -0.15) is 0 Å². The molecule has 3 nitrogen and oxygen atoms in total. The number of nitrogens with zero attached hydrogens (tertiary/aromatic N) is 1. The molecule has 0 saturated carbocycles. The minimum absolute atomic E-state index is 0.742. The summed E-state index contributed by atoms with van der Waals surface area (Å²) < 4.78 is 0. The van der Waals surface area contributed by atoms with Gasteiger partial charge in [0.05, 0.1) is 19.1 Å². The molecule has 1 saturated heterocycles. The normalized spacial score (nSPS) is 18.6. The molecule has 1 heterocycles. The Labute approximate surface area is 147 Å². The Hall–Kier alpha value is -1.13. The number of thiocarbonyl (C=S) groups is 1. The highest BCUT2D eigenvalue weighted by Gasteiger charge is 2.28. The number of quaternary nitrogens is 1. The zero-order valence-corrected chi connectivity index (χ0v) is 16.1. The number of nitrogens with one attached hydrogen (secondary N) is 2. The second-order valence-electron chi connectivity index (χ2n) is 6.99. The van der Waals surface area contributed by atoms with Gasteiger partial charge >= 0.3 is 0 Å². The van der Waals surface area contributed by atoms with Gasteiger partial charge in [0.15, 0.2) is 5.11 Å². The van der Waals surface area contributed by atoms with Crippen molar-refractivity contribution in [1.82, 2.24) is 4.90 Å². The van der Waals surface area contributed by atoms with E-state index in [9.17, 15) is 0 Å². The Morgan fingerprint density at radius 2 is 2.00 bits per heavy atom. The highest BCUT2D eigenvalue weighted by Crippen LogP contribution is 2.19. The van der Waals surface area contributed by atoms with Crippen molar-refractivity contribution in [1.29, 1.82) is 0 Å². The third-order valence-corrected chi connectivity index (χ3v) is 6.02. The van der Waals surface area contributed by atoms with Gasteiger partial charge < -0.3 is 15.1 Å². The first-order chi connectivity index (χ1) is 10.9. The van der Waals surface area contributed by atoms with Crippen molar-refractivity contribution in [2.75, 3.05) is 25.5 Å². The van der Waals surface area contributed by atoms with E-state index in [0.29, 0.717) is 0 Å². The van der Waals surface area contributed by atoms with Crippen LogP contribution in [0.25, 0.3) is 0 Å². The molecule has 1 aromatic carbocycles. The molecule has 0 aromatic heterocycles. The number of anilines is 1. The number of likely N-dealkylation sites (tertiary alicyclic amines) is 1. The quantitative estimate of drug-likeness (QED) is 0.826. The second-order valence-corrected chi connectivity index (χ2v) is 7.38. The van der Waals surface area contributed by atoms with E-state index in [1.165, 1.54) is 30.4 Å². The van der Waals surface area contributed by atoms with Gasteiger partial charge in [0.1, 0.15) is 0 Å². The van der Waals surface area contributed by atoms with Crippen LogP contribution in [0, 0.1) is 13.8 Å². The van der Waals surface area contributed by atoms with E-state index < -0.39 is 0 Å². The number of hydrogen-bond acceptors (Lipinski definition) is 1. The molecule has 1 aromatic rings. The summed E-state index contributed by atoms with van der Waals surface area (Å²) in [4.78, 5) is 4.01. The molecule has 0 aliphatic carbocycles. The first-order valence-electron chi connectivity index (χ1n) is 8.89. The highest BCUT2D eigenvalue weighted by atomic mass is 32.1. The van der Waals surface area contributed by atoms with Crippen LogP contribution in [0.4, 0.5) is 5.69 Å². The molecule has 2 rings (SSSR count). The van der Waals surface area contributed by atoms with E-state index in [2.05, 4.69) is 63.2 Å². The van der Waals surface area contributed by atoms with Crippen molar-refractivity contribution in [2.24, 2.45) is 0 Å². The number of piperidine rings is 1. The average Bonchev–Trinajstić information content (AvgIpc) is 2.57. The molecule has 1 aliphatic rings. The van der Waals surface area contributed by atoms with Gasteiger partial charge in [0, 0.05) is 31.6 Å². The summed E-state index contributed by atoms with van der Waals surface area (Å²) >= 11 is 5.65. The van der Waals surface area contributed by atoms with Crippen LogP contribution < -0.4 is 10.2 Å². The fourth-order valence-corrected chi connectivity index (χ4v) is 3.64. The SMILES string of the molecule is CCC(C)[NH+](C)C1CCN(C(=S)Nc2cccc(C)c2C)CC1. The van der Waals surface area contributed by atoms with Crippen molar-refractivity contribution in [3.05, 3.63) is 29.3 Å². The van der Waals surface area contributed by atoms with Crippen LogP contribution >= 0.6 is 12.2 Å². The van der Waals surface area contributed by atoms with Crippen molar-refractivity contribution in [2.45, 2.75) is 59.0 Å². The molecule has 2 atom stereocenters. The lowest BCUT2D eigenvalue weighted by Crippen LogP contribution is -3.16. The summed E-state index contributed by atoms with van der Waals surface area (Å²) in [5, 5.41) is 4.32. The monoisotopic (exact) mass is 334 g/mol. The summed E-state index contributed by atoms with van der Waals surface area (Å²) in [6, 6.07) is 7.85. The van der Waals surface area contributed by atoms with E-state index in [1.807, 2.05) is 0 Å². The highest BCUT2D eigenvalue weighted by molar-refractivity contribution is 7.80. The van der Waals surface area contributed by atoms with Gasteiger partial charge in [-0.15, -0.1) is 0 Å². The van der Waals surface area contributed by atoms with E-state index in [4.69, 9.17) is 12.2 Å². The molecule has 0 spiro atoms. The lowest BCUT2D eigenvalue weighted by Gasteiger charge is -2.38. The van der Waals surface area contributed by atoms with E-state index in [0.717, 1.165) is 36.0 Å². The first-order valence-corrected chi connectivity index (χ1v) is 9.30. The topological polar surface area (TPSA) is 19.7 Å². The third kappa shape index (κ3) is 4.45. The largest absolute Gasteiger partial charge is 0.349 e. The summed E-state index contributed by atoms with van der Waals surface area (Å²) in [7, 11) is 2.35. The smallest absolute Gasteiger partial charge is 0.173 e. The third-order valence-electron chi connectivity index (χ3n) is 5.66. The minimum Gasteiger partial charge on any atom is -0.349 e. The fraction of sp³-hybridized carbons (Fsp3) is 0.632. The van der Waals surface area contributed by atoms with Gasteiger partial charge in [0.2, 0.25) is 0 Å². The van der Waals surface area contributed by atoms with E-state index in [-0.39, 0.29) is 0 Å². The summed E-state index contributed by atoms with van der Waals surface area (Å²) in [6.07, 6.45) is 3.70. The maximum absolute atomic E-state index is 5.65. The van der Waals surface area contributed by atoms with Crippen LogP contribution in [0.3, 0.4) is 0 Å². The van der Waals surface area contributed by atoms with Gasteiger partial charge in [0.25, 0.3) is 0 Å². The molecular weight excluding hydrogens is 302 g/mol. The lowest BCUT2D eigenvalue weighted by molar-refractivity contribution is -0.930. The fourth-order valence-electron chi connectivity index (χ4n) is 3.34. The average molecular weight is 335 g/mol. The Morgan fingerprint density at radius 3 is 2.61 bits per heavy atom. The Kier molecular flexibility index (Phi) is 6.42. The maximum Gasteiger partial charge on any atom is 0.173 e. The van der Waals surface area contributed by atoms with Crippen molar-refractivity contribution in [3.8, 4) is 0 Å². The molecule has 1 aliphatic heterocycles. The molecule has 0 radical (unpaired) electrons. The Bertz CT molecular complexity index is 535. The zero-order valence-electron chi connectivity index (χ0n) is 15.3. The lowest BCUT2D eigenvalue weighted by atomic mass is 10.0. The minimum atomic E-state index is 0.742. The van der Waals surface area contributed by atoms with Gasteiger partial charge in [-0.05, 0) is 56.6 Å². The van der Waals surface area contributed by atoms with Crippen LogP contribution in [-0.4, -0.2) is 42.2 Å². The van der Waals surface area contributed by atoms with Crippen molar-refractivity contribution < 1.29 is 4.90 Å². The predicted octanol–water partition coefficient (Wildman–Crippen LogP) is 2.78. The first kappa shape index (κ1) is 18.2. The van der Waals surface area contributed by atoms with Gasteiger partial charge in [-0.3, -0.25) is 0 Å². The number of rotatable bonds is 4. The second kappa shape index (κ2) is 8.11. The van der Waals surface area contributed by atoms with E-state index >= 15 is 0 Å². The van der Waals surface area contributed by atoms with Crippen molar-refractivity contribution in [3.63, 3.8) is 0 Å². The Morgan fingerprint density at radius 1 is 1.35 bits per heavy atom. The molecule has 0 bridgehead atoms. The number of hydrogen-bond donors (Lipinski definition) is 2. The molecule has 2 N–H and O–H groups in total. The summed E-state index contributed by atoms with van der Waals surface area (Å²) in [6.45, 7) is 11.1. The van der Waals surface area contributed by atoms with Crippen LogP contribution in [0.2, 0.25) is 0 Å². The molecular formula is C19H32N3S+. The summed E-state index contributed by atoms with van der Waals surface area (Å²) in [5.74, 6) is 0. The standard InChI is InChI=1S/C19H31N3S/c1-6-15(3)21(5)17-10-12-22(13-11-17)19(23)20-18-9-7-8-14(2)16(18)4/h7-9,15,17H,6,10-13H2,1-5H3,(H,20,23)/p+1. The van der Waals surface area contributed by atoms with Crippen LogP contribution in [0.15, 0.2) is 18.2 Å². The van der Waals surface area contributed by atoms with Crippen LogP contribution in [0.5, 0.6) is 0 Å². The molecule has 4 heteroatoms. The Balaban J connectivity index is 1.90. The molecule has 2 unspecified atom stereocenters. The van der Waals surface area contributed by atoms with Crippen molar-refractivity contribution >= 4 is 23.0 Å².